The summed E-state index contributed by atoms with van der Waals surface area (Å²) in [6.07, 6.45) is 5.91. The number of rotatable bonds is 4. The SMILES string of the molecule is CCC=CCCO.Cc1ccc(S(=O)(=O)O)cc1. The van der Waals surface area contributed by atoms with Crippen LogP contribution in [-0.2, 0) is 10.1 Å². The molecule has 0 fully saturated rings. The minimum absolute atomic E-state index is 0.0666. The first kappa shape index (κ1) is 16.8. The molecule has 0 radical (unpaired) electrons. The molecule has 18 heavy (non-hydrogen) atoms. The molecule has 0 amide bonds. The van der Waals surface area contributed by atoms with Crippen LogP contribution in [0.5, 0.6) is 0 Å². The Kier molecular flexibility index (Phi) is 8.28. The molecule has 0 heterocycles. The van der Waals surface area contributed by atoms with Crippen LogP contribution in [0.25, 0.3) is 0 Å². The first-order valence-corrected chi connectivity index (χ1v) is 7.15. The van der Waals surface area contributed by atoms with Crippen LogP contribution in [0, 0.1) is 6.92 Å². The zero-order valence-corrected chi connectivity index (χ0v) is 11.5. The molecule has 0 aromatic heterocycles. The average Bonchev–Trinajstić information content (AvgIpc) is 2.30. The van der Waals surface area contributed by atoms with Gasteiger partial charge in [-0.1, -0.05) is 36.8 Å². The highest BCUT2D eigenvalue weighted by Gasteiger charge is 2.06. The zero-order chi connectivity index (χ0) is 14.0. The summed E-state index contributed by atoms with van der Waals surface area (Å²) in [5.41, 5.74) is 0.956. The average molecular weight is 272 g/mol. The third kappa shape index (κ3) is 8.00. The van der Waals surface area contributed by atoms with Crippen molar-refractivity contribution in [3.05, 3.63) is 42.0 Å². The van der Waals surface area contributed by atoms with Gasteiger partial charge in [-0.25, -0.2) is 0 Å². The number of allylic oxidation sites excluding steroid dienone is 1. The molecular formula is C13H20O4S. The highest BCUT2D eigenvalue weighted by molar-refractivity contribution is 7.85. The fourth-order valence-corrected chi connectivity index (χ4v) is 1.55. The maximum Gasteiger partial charge on any atom is 0.294 e. The van der Waals surface area contributed by atoms with Crippen molar-refractivity contribution in [1.82, 2.24) is 0 Å². The summed E-state index contributed by atoms with van der Waals surface area (Å²) in [5, 5.41) is 8.24. The molecule has 0 bridgehead atoms. The Labute approximate surface area is 109 Å². The van der Waals surface area contributed by atoms with Crippen molar-refractivity contribution in [2.45, 2.75) is 31.6 Å². The van der Waals surface area contributed by atoms with Gasteiger partial charge in [-0.3, -0.25) is 4.55 Å². The van der Waals surface area contributed by atoms with Gasteiger partial charge >= 0.3 is 0 Å². The fraction of sp³-hybridized carbons (Fsp3) is 0.385. The first-order valence-electron chi connectivity index (χ1n) is 5.71. The molecule has 1 aromatic carbocycles. The van der Waals surface area contributed by atoms with E-state index in [1.54, 1.807) is 12.1 Å². The third-order valence-corrected chi connectivity index (χ3v) is 2.88. The summed E-state index contributed by atoms with van der Waals surface area (Å²) in [6.45, 7) is 4.19. The molecule has 5 heteroatoms. The zero-order valence-electron chi connectivity index (χ0n) is 10.7. The van der Waals surface area contributed by atoms with Crippen molar-refractivity contribution in [3.63, 3.8) is 0 Å². The van der Waals surface area contributed by atoms with E-state index in [9.17, 15) is 8.42 Å². The summed E-state index contributed by atoms with van der Waals surface area (Å²) in [4.78, 5) is -0.0666. The van der Waals surface area contributed by atoms with E-state index in [1.165, 1.54) is 12.1 Å². The van der Waals surface area contributed by atoms with Gasteiger partial charge in [0, 0.05) is 6.61 Å². The summed E-state index contributed by atoms with van der Waals surface area (Å²) in [5.74, 6) is 0. The van der Waals surface area contributed by atoms with E-state index in [2.05, 4.69) is 13.0 Å². The van der Waals surface area contributed by atoms with Crippen LogP contribution >= 0.6 is 0 Å². The lowest BCUT2D eigenvalue weighted by Gasteiger charge is -1.95. The molecule has 0 aliphatic carbocycles. The van der Waals surface area contributed by atoms with E-state index in [0.29, 0.717) is 0 Å². The Balaban J connectivity index is 0.000000360. The van der Waals surface area contributed by atoms with Crippen LogP contribution in [0.15, 0.2) is 41.3 Å². The number of aliphatic hydroxyl groups is 1. The lowest BCUT2D eigenvalue weighted by atomic mass is 10.2. The highest BCUT2D eigenvalue weighted by Crippen LogP contribution is 2.08. The van der Waals surface area contributed by atoms with Gasteiger partial charge in [0.25, 0.3) is 10.1 Å². The van der Waals surface area contributed by atoms with Gasteiger partial charge in [0.05, 0.1) is 4.90 Å². The van der Waals surface area contributed by atoms with Gasteiger partial charge in [0.2, 0.25) is 0 Å². The fourth-order valence-electron chi connectivity index (χ4n) is 1.07. The van der Waals surface area contributed by atoms with Crippen molar-refractivity contribution < 1.29 is 18.1 Å². The molecule has 2 N–H and O–H groups in total. The van der Waals surface area contributed by atoms with Crippen LogP contribution in [0.1, 0.15) is 25.3 Å². The van der Waals surface area contributed by atoms with E-state index in [-0.39, 0.29) is 11.5 Å². The molecule has 0 saturated heterocycles. The molecule has 1 aromatic rings. The molecule has 102 valence electrons. The van der Waals surface area contributed by atoms with Crippen LogP contribution in [0.4, 0.5) is 0 Å². The minimum atomic E-state index is -4.02. The molecule has 0 spiro atoms. The van der Waals surface area contributed by atoms with Gasteiger partial charge in [0.15, 0.2) is 0 Å². The summed E-state index contributed by atoms with van der Waals surface area (Å²) in [6, 6.07) is 5.99. The van der Waals surface area contributed by atoms with Crippen molar-refractivity contribution in [1.29, 1.82) is 0 Å². The number of benzene rings is 1. The van der Waals surface area contributed by atoms with E-state index in [4.69, 9.17) is 9.66 Å². The van der Waals surface area contributed by atoms with Gasteiger partial charge in [0.1, 0.15) is 0 Å². The van der Waals surface area contributed by atoms with Crippen LogP contribution in [0.3, 0.4) is 0 Å². The van der Waals surface area contributed by atoms with Crippen molar-refractivity contribution in [2.24, 2.45) is 0 Å². The molecule has 0 aliphatic heterocycles. The Morgan fingerprint density at radius 1 is 1.17 bits per heavy atom. The lowest BCUT2D eigenvalue weighted by Crippen LogP contribution is -1.96. The maximum absolute atomic E-state index is 10.5. The molecule has 1 rings (SSSR count). The molecule has 0 unspecified atom stereocenters. The summed E-state index contributed by atoms with van der Waals surface area (Å²) in [7, 11) is -4.02. The smallest absolute Gasteiger partial charge is 0.294 e. The second kappa shape index (κ2) is 8.85. The maximum atomic E-state index is 10.5. The largest absolute Gasteiger partial charge is 0.396 e. The van der Waals surface area contributed by atoms with Crippen LogP contribution in [-0.4, -0.2) is 24.7 Å². The Morgan fingerprint density at radius 2 is 1.72 bits per heavy atom. The second-order valence-electron chi connectivity index (χ2n) is 3.68. The van der Waals surface area contributed by atoms with E-state index >= 15 is 0 Å². The molecule has 0 atom stereocenters. The number of hydrogen-bond acceptors (Lipinski definition) is 3. The van der Waals surface area contributed by atoms with Gasteiger partial charge < -0.3 is 5.11 Å². The predicted octanol–water partition coefficient (Wildman–Crippen LogP) is 2.58. The Bertz CT molecular complexity index is 446. The quantitative estimate of drug-likeness (QED) is 0.652. The number of hydrogen-bond donors (Lipinski definition) is 2. The van der Waals surface area contributed by atoms with Crippen LogP contribution < -0.4 is 0 Å². The van der Waals surface area contributed by atoms with Crippen molar-refractivity contribution >= 4 is 10.1 Å². The van der Waals surface area contributed by atoms with Crippen LogP contribution in [0.2, 0.25) is 0 Å². The second-order valence-corrected chi connectivity index (χ2v) is 5.10. The standard InChI is InChI=1S/C7H8O3S.C6H12O/c1-6-2-4-7(5-3-6)11(8,9)10;1-2-3-4-5-6-7/h2-5H,1H3,(H,8,9,10);3-4,7H,2,5-6H2,1H3. The van der Waals surface area contributed by atoms with Gasteiger partial charge in [-0.2, -0.15) is 8.42 Å². The van der Waals surface area contributed by atoms with E-state index < -0.39 is 10.1 Å². The van der Waals surface area contributed by atoms with Gasteiger partial charge in [-0.05, 0) is 31.9 Å². The number of aliphatic hydroxyl groups excluding tert-OH is 1. The monoisotopic (exact) mass is 272 g/mol. The van der Waals surface area contributed by atoms with Crippen molar-refractivity contribution in [2.75, 3.05) is 6.61 Å². The lowest BCUT2D eigenvalue weighted by molar-refractivity contribution is 0.302. The Morgan fingerprint density at radius 3 is 2.11 bits per heavy atom. The predicted molar refractivity (Wildman–Crippen MR) is 72.1 cm³/mol. The van der Waals surface area contributed by atoms with E-state index in [0.717, 1.165) is 18.4 Å². The summed E-state index contributed by atoms with van der Waals surface area (Å²) >= 11 is 0. The topological polar surface area (TPSA) is 74.6 Å². The normalized spacial score (nSPS) is 11.1. The Hall–Kier alpha value is -1.17. The van der Waals surface area contributed by atoms with Crippen molar-refractivity contribution in [3.8, 4) is 0 Å². The minimum Gasteiger partial charge on any atom is -0.396 e. The highest BCUT2D eigenvalue weighted by atomic mass is 32.2. The number of aryl methyl sites for hydroxylation is 1. The molecule has 0 aliphatic rings. The van der Waals surface area contributed by atoms with E-state index in [1.807, 2.05) is 13.0 Å². The third-order valence-electron chi connectivity index (χ3n) is 2.02. The molecular weight excluding hydrogens is 252 g/mol. The molecule has 4 nitrogen and oxygen atoms in total. The summed E-state index contributed by atoms with van der Waals surface area (Å²) < 4.78 is 29.6. The first-order chi connectivity index (χ1) is 8.41. The molecule has 0 saturated carbocycles. The van der Waals surface area contributed by atoms with Gasteiger partial charge in [-0.15, -0.1) is 0 Å².